The maximum Gasteiger partial charge on any atom is 0.258 e. The Kier molecular flexibility index (Phi) is 3.62. The summed E-state index contributed by atoms with van der Waals surface area (Å²) >= 11 is 8.26. The summed E-state index contributed by atoms with van der Waals surface area (Å²) in [5, 5.41) is -1.39. The number of alkyl halides is 3. The van der Waals surface area contributed by atoms with Crippen LogP contribution in [0.2, 0.25) is 0 Å². The Morgan fingerprint density at radius 2 is 1.92 bits per heavy atom. The van der Waals surface area contributed by atoms with Crippen LogP contribution >= 0.6 is 27.5 Å². The van der Waals surface area contributed by atoms with Crippen LogP contribution in [-0.4, -0.2) is 6.43 Å². The Morgan fingerprint density at radius 3 is 2.38 bits per heavy atom. The Bertz CT molecular complexity index is 303. The van der Waals surface area contributed by atoms with E-state index in [1.54, 1.807) is 0 Å². The summed E-state index contributed by atoms with van der Waals surface area (Å²) < 4.78 is 37.0. The van der Waals surface area contributed by atoms with Crippen LogP contribution in [0.25, 0.3) is 0 Å². The topological polar surface area (TPSA) is 0 Å². The highest BCUT2D eigenvalue weighted by Crippen LogP contribution is 2.29. The Labute approximate surface area is 86.8 Å². The number of hydrogen-bond acceptors (Lipinski definition) is 0. The predicted molar refractivity (Wildman–Crippen MR) is 48.7 cm³/mol. The van der Waals surface area contributed by atoms with Crippen LogP contribution in [0.3, 0.4) is 0 Å². The Morgan fingerprint density at radius 1 is 1.31 bits per heavy atom. The second-order valence-corrected chi connectivity index (χ2v) is 3.73. The van der Waals surface area contributed by atoms with Crippen LogP contribution in [0.4, 0.5) is 13.2 Å². The van der Waals surface area contributed by atoms with Gasteiger partial charge in [0.2, 0.25) is 0 Å². The standard InChI is InChI=1S/C8H5BrClF3/c9-5-3-4(1-2-6(5)11)7(10)8(12)13/h1-3,7-8H. The minimum absolute atomic E-state index is 0.135. The molecule has 0 aromatic heterocycles. The molecule has 0 bridgehead atoms. The van der Waals surface area contributed by atoms with E-state index in [0.717, 1.165) is 6.07 Å². The van der Waals surface area contributed by atoms with Crippen molar-refractivity contribution in [1.29, 1.82) is 0 Å². The molecule has 0 amide bonds. The van der Waals surface area contributed by atoms with Gasteiger partial charge in [0.05, 0.1) is 4.47 Å². The number of rotatable bonds is 2. The molecule has 1 aromatic carbocycles. The Hall–Kier alpha value is -0.220. The molecule has 5 heteroatoms. The summed E-state index contributed by atoms with van der Waals surface area (Å²) in [6.07, 6.45) is -2.65. The van der Waals surface area contributed by atoms with Crippen molar-refractivity contribution in [2.45, 2.75) is 11.8 Å². The van der Waals surface area contributed by atoms with Crippen molar-refractivity contribution in [2.24, 2.45) is 0 Å². The molecule has 0 saturated heterocycles. The van der Waals surface area contributed by atoms with Crippen LogP contribution in [0.5, 0.6) is 0 Å². The lowest BCUT2D eigenvalue weighted by Gasteiger charge is -2.08. The Balaban J connectivity index is 2.97. The molecule has 0 nitrogen and oxygen atoms in total. The first-order valence-corrected chi connectivity index (χ1v) is 4.62. The largest absolute Gasteiger partial charge is 0.258 e. The van der Waals surface area contributed by atoms with Crippen LogP contribution in [0.15, 0.2) is 22.7 Å². The fraction of sp³-hybridized carbons (Fsp3) is 0.250. The SMILES string of the molecule is Fc1ccc(C(Cl)C(F)F)cc1Br. The highest BCUT2D eigenvalue weighted by Gasteiger charge is 2.19. The van der Waals surface area contributed by atoms with E-state index >= 15 is 0 Å². The van der Waals surface area contributed by atoms with Crippen LogP contribution < -0.4 is 0 Å². The first kappa shape index (κ1) is 10.9. The van der Waals surface area contributed by atoms with Gasteiger partial charge in [-0.2, -0.15) is 0 Å². The first-order valence-electron chi connectivity index (χ1n) is 3.39. The second-order valence-electron chi connectivity index (χ2n) is 2.41. The molecular formula is C8H5BrClF3. The van der Waals surface area contributed by atoms with Crippen molar-refractivity contribution in [3.8, 4) is 0 Å². The van der Waals surface area contributed by atoms with E-state index in [4.69, 9.17) is 11.6 Å². The van der Waals surface area contributed by atoms with Gasteiger partial charge in [0.25, 0.3) is 6.43 Å². The fourth-order valence-electron chi connectivity index (χ4n) is 0.829. The van der Waals surface area contributed by atoms with Gasteiger partial charge in [-0.05, 0) is 33.6 Å². The minimum Gasteiger partial charge on any atom is -0.208 e. The van der Waals surface area contributed by atoms with Crippen molar-refractivity contribution in [3.05, 3.63) is 34.1 Å². The summed E-state index contributed by atoms with van der Waals surface area (Å²) in [5.74, 6) is -0.498. The minimum atomic E-state index is -2.65. The van der Waals surface area contributed by atoms with Gasteiger partial charge in [0, 0.05) is 0 Å². The van der Waals surface area contributed by atoms with Crippen molar-refractivity contribution in [1.82, 2.24) is 0 Å². The van der Waals surface area contributed by atoms with Crippen molar-refractivity contribution >= 4 is 27.5 Å². The lowest BCUT2D eigenvalue weighted by Crippen LogP contribution is -2.02. The summed E-state index contributed by atoms with van der Waals surface area (Å²) in [4.78, 5) is 0. The number of hydrogen-bond donors (Lipinski definition) is 0. The molecule has 13 heavy (non-hydrogen) atoms. The van der Waals surface area contributed by atoms with Crippen LogP contribution in [-0.2, 0) is 0 Å². The maximum atomic E-state index is 12.7. The second kappa shape index (κ2) is 4.33. The molecule has 0 heterocycles. The van der Waals surface area contributed by atoms with Gasteiger partial charge in [-0.1, -0.05) is 6.07 Å². The molecule has 0 aliphatic heterocycles. The van der Waals surface area contributed by atoms with Gasteiger partial charge in [-0.15, -0.1) is 11.6 Å². The third-order valence-corrected chi connectivity index (χ3v) is 2.53. The maximum absolute atomic E-state index is 12.7. The monoisotopic (exact) mass is 272 g/mol. The summed E-state index contributed by atoms with van der Waals surface area (Å²) in [6, 6.07) is 3.58. The highest BCUT2D eigenvalue weighted by atomic mass is 79.9. The zero-order valence-corrected chi connectivity index (χ0v) is 8.62. The fourth-order valence-corrected chi connectivity index (χ4v) is 1.36. The first-order chi connectivity index (χ1) is 6.02. The van der Waals surface area contributed by atoms with Crippen molar-refractivity contribution in [3.63, 3.8) is 0 Å². The smallest absolute Gasteiger partial charge is 0.208 e. The number of halogens is 5. The molecule has 72 valence electrons. The molecule has 0 aliphatic carbocycles. The number of benzene rings is 1. The van der Waals surface area contributed by atoms with Gasteiger partial charge in [0.1, 0.15) is 11.2 Å². The summed E-state index contributed by atoms with van der Waals surface area (Å²) in [7, 11) is 0. The zero-order chi connectivity index (χ0) is 10.0. The molecular weight excluding hydrogens is 268 g/mol. The molecule has 0 aliphatic rings. The van der Waals surface area contributed by atoms with Gasteiger partial charge >= 0.3 is 0 Å². The normalized spacial score (nSPS) is 13.4. The lowest BCUT2D eigenvalue weighted by atomic mass is 10.1. The molecule has 0 N–H and O–H groups in total. The van der Waals surface area contributed by atoms with Gasteiger partial charge in [-0.3, -0.25) is 0 Å². The predicted octanol–water partition coefficient (Wildman–Crippen LogP) is 4.13. The van der Waals surface area contributed by atoms with E-state index in [1.807, 2.05) is 0 Å². The average Bonchev–Trinajstić information content (AvgIpc) is 2.08. The van der Waals surface area contributed by atoms with E-state index in [0.29, 0.717) is 0 Å². The van der Waals surface area contributed by atoms with Crippen molar-refractivity contribution < 1.29 is 13.2 Å². The van der Waals surface area contributed by atoms with E-state index in [2.05, 4.69) is 15.9 Å². The summed E-state index contributed by atoms with van der Waals surface area (Å²) in [6.45, 7) is 0. The van der Waals surface area contributed by atoms with E-state index < -0.39 is 17.6 Å². The quantitative estimate of drug-likeness (QED) is 0.711. The van der Waals surface area contributed by atoms with E-state index in [9.17, 15) is 13.2 Å². The van der Waals surface area contributed by atoms with Crippen LogP contribution in [0, 0.1) is 5.82 Å². The van der Waals surface area contributed by atoms with Crippen molar-refractivity contribution in [2.75, 3.05) is 0 Å². The molecule has 1 atom stereocenters. The third kappa shape index (κ3) is 2.61. The molecule has 0 saturated carbocycles. The molecule has 1 aromatic rings. The van der Waals surface area contributed by atoms with Gasteiger partial charge in [0.15, 0.2) is 0 Å². The zero-order valence-electron chi connectivity index (χ0n) is 6.28. The summed E-state index contributed by atoms with van der Waals surface area (Å²) in [5.41, 5.74) is 0.199. The van der Waals surface area contributed by atoms with Gasteiger partial charge in [-0.25, -0.2) is 13.2 Å². The molecule has 0 radical (unpaired) electrons. The molecule has 1 rings (SSSR count). The van der Waals surface area contributed by atoms with Crippen LogP contribution in [0.1, 0.15) is 10.9 Å². The lowest BCUT2D eigenvalue weighted by molar-refractivity contribution is 0.143. The van der Waals surface area contributed by atoms with E-state index in [-0.39, 0.29) is 10.0 Å². The third-order valence-electron chi connectivity index (χ3n) is 1.48. The molecule has 0 fully saturated rings. The van der Waals surface area contributed by atoms with Gasteiger partial charge < -0.3 is 0 Å². The average molecular weight is 273 g/mol. The highest BCUT2D eigenvalue weighted by molar-refractivity contribution is 9.10. The molecule has 0 spiro atoms. The molecule has 1 unspecified atom stereocenters. The van der Waals surface area contributed by atoms with E-state index in [1.165, 1.54) is 12.1 Å².